The van der Waals surface area contributed by atoms with Crippen LogP contribution in [0.1, 0.15) is 16.1 Å². The number of amides is 1. The lowest BCUT2D eigenvalue weighted by atomic mass is 10.2. The lowest BCUT2D eigenvalue weighted by Crippen LogP contribution is -2.23. The summed E-state index contributed by atoms with van der Waals surface area (Å²) in [6, 6.07) is 11.4. The molecule has 0 fully saturated rings. The highest BCUT2D eigenvalue weighted by molar-refractivity contribution is 7.13. The quantitative estimate of drug-likeness (QED) is 0.783. The first-order chi connectivity index (χ1) is 11.3. The number of hydrogen-bond acceptors (Lipinski definition) is 5. The molecule has 23 heavy (non-hydrogen) atoms. The molecule has 0 aliphatic carbocycles. The molecular weight excluding hydrogens is 310 g/mol. The number of ether oxygens (including phenoxy) is 1. The van der Waals surface area contributed by atoms with E-state index in [0.717, 1.165) is 21.9 Å². The Morgan fingerprint density at radius 1 is 1.30 bits per heavy atom. The van der Waals surface area contributed by atoms with E-state index in [0.29, 0.717) is 12.2 Å². The van der Waals surface area contributed by atoms with Gasteiger partial charge in [-0.1, -0.05) is 18.2 Å². The van der Waals surface area contributed by atoms with E-state index in [1.165, 1.54) is 11.3 Å². The van der Waals surface area contributed by atoms with Crippen LogP contribution in [0.2, 0.25) is 0 Å². The molecule has 5 nitrogen and oxygen atoms in total. The van der Waals surface area contributed by atoms with Crippen LogP contribution in [-0.2, 0) is 6.54 Å². The van der Waals surface area contributed by atoms with Gasteiger partial charge in [0.15, 0.2) is 0 Å². The normalized spacial score (nSPS) is 10.3. The van der Waals surface area contributed by atoms with Crippen molar-refractivity contribution < 1.29 is 9.53 Å². The molecule has 6 heteroatoms. The van der Waals surface area contributed by atoms with Gasteiger partial charge >= 0.3 is 0 Å². The number of nitrogens with one attached hydrogen (secondary N) is 1. The van der Waals surface area contributed by atoms with Crippen molar-refractivity contribution in [3.05, 3.63) is 65.4 Å². The maximum absolute atomic E-state index is 12.2. The van der Waals surface area contributed by atoms with E-state index in [4.69, 9.17) is 4.74 Å². The van der Waals surface area contributed by atoms with Gasteiger partial charge in [0.05, 0.1) is 7.11 Å². The third-order valence-corrected chi connectivity index (χ3v) is 4.12. The Balaban J connectivity index is 1.69. The van der Waals surface area contributed by atoms with Crippen LogP contribution in [-0.4, -0.2) is 23.0 Å². The van der Waals surface area contributed by atoms with Crippen molar-refractivity contribution in [3.8, 4) is 16.3 Å². The third kappa shape index (κ3) is 3.73. The number of carbonyl (C=O) groups excluding carboxylic acids is 1. The van der Waals surface area contributed by atoms with Crippen molar-refractivity contribution >= 4 is 17.2 Å². The zero-order valence-electron chi connectivity index (χ0n) is 12.5. The number of aromatic nitrogens is 2. The first kappa shape index (κ1) is 15.2. The van der Waals surface area contributed by atoms with Crippen LogP contribution in [0.15, 0.2) is 54.2 Å². The van der Waals surface area contributed by atoms with E-state index < -0.39 is 0 Å². The number of carbonyl (C=O) groups is 1. The average Bonchev–Trinajstić information content (AvgIpc) is 3.11. The maximum atomic E-state index is 12.2. The Hall–Kier alpha value is -2.73. The maximum Gasteiger partial charge on any atom is 0.271 e. The Bertz CT molecular complexity index is 802. The van der Waals surface area contributed by atoms with Crippen molar-refractivity contribution in [2.45, 2.75) is 6.54 Å². The summed E-state index contributed by atoms with van der Waals surface area (Å²) >= 11 is 1.43. The summed E-state index contributed by atoms with van der Waals surface area (Å²) in [7, 11) is 1.62. The molecule has 0 spiro atoms. The van der Waals surface area contributed by atoms with E-state index in [-0.39, 0.29) is 5.91 Å². The molecule has 2 aromatic heterocycles. The summed E-state index contributed by atoms with van der Waals surface area (Å²) in [5.41, 5.74) is 2.29. The predicted molar refractivity (Wildman–Crippen MR) is 89.5 cm³/mol. The molecule has 0 aliphatic heterocycles. The van der Waals surface area contributed by atoms with Gasteiger partial charge in [-0.25, -0.2) is 4.98 Å². The number of hydrogen-bond donors (Lipinski definition) is 1. The highest BCUT2D eigenvalue weighted by atomic mass is 32.1. The molecule has 2 heterocycles. The Morgan fingerprint density at radius 2 is 2.22 bits per heavy atom. The summed E-state index contributed by atoms with van der Waals surface area (Å²) in [6.45, 7) is 0.429. The summed E-state index contributed by atoms with van der Waals surface area (Å²) in [6.07, 6.45) is 3.43. The van der Waals surface area contributed by atoms with Crippen LogP contribution in [0.25, 0.3) is 10.6 Å². The molecule has 0 unspecified atom stereocenters. The summed E-state index contributed by atoms with van der Waals surface area (Å²) in [5.74, 6) is 0.569. The van der Waals surface area contributed by atoms with Gasteiger partial charge in [0, 0.05) is 29.9 Å². The van der Waals surface area contributed by atoms with Crippen molar-refractivity contribution in [2.75, 3.05) is 7.11 Å². The van der Waals surface area contributed by atoms with Gasteiger partial charge in [-0.2, -0.15) is 0 Å². The molecule has 1 N–H and O–H groups in total. The number of methoxy groups -OCH3 is 1. The van der Waals surface area contributed by atoms with E-state index >= 15 is 0 Å². The predicted octanol–water partition coefficient (Wildman–Crippen LogP) is 3.14. The zero-order valence-corrected chi connectivity index (χ0v) is 13.3. The van der Waals surface area contributed by atoms with Crippen LogP contribution in [0.4, 0.5) is 0 Å². The van der Waals surface area contributed by atoms with Crippen molar-refractivity contribution in [1.82, 2.24) is 15.3 Å². The number of thiazole rings is 1. The number of nitrogens with zero attached hydrogens (tertiary/aromatic N) is 2. The Labute approximate surface area is 138 Å². The first-order valence-electron chi connectivity index (χ1n) is 7.03. The lowest BCUT2D eigenvalue weighted by molar-refractivity contribution is 0.0946. The minimum absolute atomic E-state index is 0.195. The van der Waals surface area contributed by atoms with Crippen LogP contribution < -0.4 is 10.1 Å². The fraction of sp³-hybridized carbons (Fsp3) is 0.118. The van der Waals surface area contributed by atoms with Gasteiger partial charge in [0.1, 0.15) is 16.5 Å². The highest BCUT2D eigenvalue weighted by Gasteiger charge is 2.12. The van der Waals surface area contributed by atoms with Crippen LogP contribution >= 0.6 is 11.3 Å². The molecule has 0 aliphatic rings. The Morgan fingerprint density at radius 3 is 3.00 bits per heavy atom. The van der Waals surface area contributed by atoms with Crippen LogP contribution in [0.5, 0.6) is 5.75 Å². The van der Waals surface area contributed by atoms with E-state index in [2.05, 4.69) is 15.3 Å². The molecule has 1 amide bonds. The minimum atomic E-state index is -0.195. The van der Waals surface area contributed by atoms with E-state index in [1.54, 1.807) is 24.9 Å². The van der Waals surface area contributed by atoms with E-state index in [1.807, 2.05) is 36.4 Å². The third-order valence-electron chi connectivity index (χ3n) is 3.23. The second-order valence-corrected chi connectivity index (χ2v) is 5.67. The van der Waals surface area contributed by atoms with Gasteiger partial charge in [0.2, 0.25) is 0 Å². The SMILES string of the molecule is COc1cccc(-c2nc(C(=O)NCc3cccnc3)cs2)c1. The standard InChI is InChI=1S/C17H15N3O2S/c1-22-14-6-2-5-13(8-14)17-20-15(11-23-17)16(21)19-10-12-4-3-7-18-9-12/h2-9,11H,10H2,1H3,(H,19,21). The summed E-state index contributed by atoms with van der Waals surface area (Å²) in [5, 5.41) is 5.39. The zero-order chi connectivity index (χ0) is 16.1. The van der Waals surface area contributed by atoms with Crippen molar-refractivity contribution in [1.29, 1.82) is 0 Å². The first-order valence-corrected chi connectivity index (χ1v) is 7.91. The molecule has 0 atom stereocenters. The van der Waals surface area contributed by atoms with Gasteiger partial charge in [-0.3, -0.25) is 9.78 Å². The minimum Gasteiger partial charge on any atom is -0.497 e. The number of benzene rings is 1. The lowest BCUT2D eigenvalue weighted by Gasteiger charge is -2.03. The van der Waals surface area contributed by atoms with Crippen molar-refractivity contribution in [3.63, 3.8) is 0 Å². The molecule has 116 valence electrons. The second kappa shape index (κ2) is 7.02. The Kier molecular flexibility index (Phi) is 4.63. The number of rotatable bonds is 5. The molecule has 0 saturated heterocycles. The van der Waals surface area contributed by atoms with Gasteiger partial charge in [-0.05, 0) is 23.8 Å². The molecule has 0 radical (unpaired) electrons. The molecule has 1 aromatic carbocycles. The van der Waals surface area contributed by atoms with Crippen LogP contribution in [0.3, 0.4) is 0 Å². The fourth-order valence-electron chi connectivity index (χ4n) is 2.04. The van der Waals surface area contributed by atoms with Crippen molar-refractivity contribution in [2.24, 2.45) is 0 Å². The largest absolute Gasteiger partial charge is 0.497 e. The highest BCUT2D eigenvalue weighted by Crippen LogP contribution is 2.26. The molecular formula is C17H15N3O2S. The number of pyridine rings is 1. The fourth-order valence-corrected chi connectivity index (χ4v) is 2.84. The smallest absolute Gasteiger partial charge is 0.271 e. The van der Waals surface area contributed by atoms with Crippen LogP contribution in [0, 0.1) is 0 Å². The van der Waals surface area contributed by atoms with E-state index in [9.17, 15) is 4.79 Å². The topological polar surface area (TPSA) is 64.1 Å². The van der Waals surface area contributed by atoms with Gasteiger partial charge < -0.3 is 10.1 Å². The molecule has 3 aromatic rings. The monoisotopic (exact) mass is 325 g/mol. The molecule has 0 bridgehead atoms. The summed E-state index contributed by atoms with van der Waals surface area (Å²) < 4.78 is 5.21. The molecule has 3 rings (SSSR count). The second-order valence-electron chi connectivity index (χ2n) is 4.81. The van der Waals surface area contributed by atoms with Gasteiger partial charge in [0.25, 0.3) is 5.91 Å². The summed E-state index contributed by atoms with van der Waals surface area (Å²) in [4.78, 5) is 20.6. The van der Waals surface area contributed by atoms with Gasteiger partial charge in [-0.15, -0.1) is 11.3 Å². The molecule has 0 saturated carbocycles. The average molecular weight is 325 g/mol.